The number of carbonyl (C=O) groups excluding carboxylic acids is 2. The summed E-state index contributed by atoms with van der Waals surface area (Å²) < 4.78 is 5.38. The lowest BCUT2D eigenvalue weighted by atomic mass is 9.91. The van der Waals surface area contributed by atoms with Crippen molar-refractivity contribution in [2.45, 2.75) is 64.1 Å². The van der Waals surface area contributed by atoms with E-state index in [9.17, 15) is 14.7 Å². The fraction of sp³-hybridized carbons (Fsp3) is 0.846. The number of nitrogens with zero attached hydrogens (tertiary/aromatic N) is 1. The highest BCUT2D eigenvalue weighted by atomic mass is 16.6. The molecule has 5 heteroatoms. The van der Waals surface area contributed by atoms with Crippen molar-refractivity contribution in [1.82, 2.24) is 4.90 Å². The van der Waals surface area contributed by atoms with Crippen LogP contribution in [0.3, 0.4) is 0 Å². The van der Waals surface area contributed by atoms with E-state index < -0.39 is 17.5 Å². The normalized spacial score (nSPS) is 31.3. The van der Waals surface area contributed by atoms with E-state index in [1.165, 1.54) is 0 Å². The first kappa shape index (κ1) is 13.2. The minimum atomic E-state index is -0.990. The highest BCUT2D eigenvalue weighted by Gasteiger charge is 2.44. The second kappa shape index (κ2) is 4.44. The summed E-state index contributed by atoms with van der Waals surface area (Å²) in [6, 6.07) is 0.00278. The van der Waals surface area contributed by atoms with Crippen LogP contribution in [0.25, 0.3) is 0 Å². The zero-order valence-corrected chi connectivity index (χ0v) is 11.1. The third kappa shape index (κ3) is 2.60. The molecule has 102 valence electrons. The minimum Gasteiger partial charge on any atom is -0.550 e. The Bertz CT molecular complexity index is 346. The SMILES string of the molecule is CC(C)(C)OC(=O)N1C2CCC1CC(C(=O)[O-])C2. The van der Waals surface area contributed by atoms with Crippen molar-refractivity contribution in [1.29, 1.82) is 0 Å². The van der Waals surface area contributed by atoms with Gasteiger partial charge in [0, 0.05) is 24.0 Å². The lowest BCUT2D eigenvalue weighted by molar-refractivity contribution is -0.313. The first-order valence-electron chi connectivity index (χ1n) is 6.50. The van der Waals surface area contributed by atoms with Crippen molar-refractivity contribution < 1.29 is 19.4 Å². The quantitative estimate of drug-likeness (QED) is 0.697. The van der Waals surface area contributed by atoms with E-state index in [2.05, 4.69) is 0 Å². The van der Waals surface area contributed by atoms with Crippen LogP contribution in [0.1, 0.15) is 46.5 Å². The van der Waals surface area contributed by atoms with Gasteiger partial charge in [-0.1, -0.05) is 0 Å². The molecule has 0 spiro atoms. The monoisotopic (exact) mass is 254 g/mol. The van der Waals surface area contributed by atoms with Crippen LogP contribution in [0.4, 0.5) is 4.79 Å². The molecule has 1 amide bonds. The Morgan fingerprint density at radius 3 is 2.06 bits per heavy atom. The molecule has 2 bridgehead atoms. The van der Waals surface area contributed by atoms with Crippen LogP contribution in [0.5, 0.6) is 0 Å². The summed E-state index contributed by atoms with van der Waals surface area (Å²) in [7, 11) is 0. The number of carbonyl (C=O) groups is 2. The first-order chi connectivity index (χ1) is 8.28. The average molecular weight is 254 g/mol. The number of carboxylic acids is 1. The van der Waals surface area contributed by atoms with Gasteiger partial charge < -0.3 is 19.5 Å². The van der Waals surface area contributed by atoms with Gasteiger partial charge in [0.2, 0.25) is 0 Å². The van der Waals surface area contributed by atoms with E-state index in [1.54, 1.807) is 4.90 Å². The van der Waals surface area contributed by atoms with Gasteiger partial charge in [-0.2, -0.15) is 0 Å². The van der Waals surface area contributed by atoms with Gasteiger partial charge >= 0.3 is 6.09 Å². The summed E-state index contributed by atoms with van der Waals surface area (Å²) in [6.45, 7) is 5.50. The highest BCUT2D eigenvalue weighted by Crippen LogP contribution is 2.39. The molecule has 0 N–H and O–H groups in total. The van der Waals surface area contributed by atoms with Crippen LogP contribution < -0.4 is 5.11 Å². The minimum absolute atomic E-state index is 0.00139. The summed E-state index contributed by atoms with van der Waals surface area (Å²) in [5.74, 6) is -1.41. The van der Waals surface area contributed by atoms with Gasteiger partial charge in [0.15, 0.2) is 0 Å². The number of carboxylic acid groups (broad SMARTS) is 1. The Balaban J connectivity index is 2.05. The molecular weight excluding hydrogens is 234 g/mol. The van der Waals surface area contributed by atoms with Crippen molar-refractivity contribution in [3.05, 3.63) is 0 Å². The second-order valence-electron chi connectivity index (χ2n) is 6.26. The maximum atomic E-state index is 12.1. The van der Waals surface area contributed by atoms with Gasteiger partial charge in [-0.3, -0.25) is 0 Å². The molecule has 2 aliphatic heterocycles. The molecule has 5 nitrogen and oxygen atoms in total. The number of ether oxygens (including phenoxy) is 1. The Morgan fingerprint density at radius 1 is 1.17 bits per heavy atom. The summed E-state index contributed by atoms with van der Waals surface area (Å²) in [5, 5.41) is 10.9. The zero-order valence-electron chi connectivity index (χ0n) is 11.1. The molecule has 2 fully saturated rings. The Kier molecular flexibility index (Phi) is 3.25. The summed E-state index contributed by atoms with van der Waals surface area (Å²) in [5.41, 5.74) is -0.512. The van der Waals surface area contributed by atoms with Crippen LogP contribution in [-0.4, -0.2) is 34.6 Å². The van der Waals surface area contributed by atoms with Gasteiger partial charge in [-0.25, -0.2) is 4.79 Å². The van der Waals surface area contributed by atoms with E-state index in [1.807, 2.05) is 20.8 Å². The third-order valence-electron chi connectivity index (χ3n) is 3.67. The molecule has 0 aromatic rings. The van der Waals surface area contributed by atoms with Gasteiger partial charge in [-0.15, -0.1) is 0 Å². The highest BCUT2D eigenvalue weighted by molar-refractivity contribution is 5.72. The molecular formula is C13H20NO4-. The Morgan fingerprint density at radius 2 is 1.67 bits per heavy atom. The van der Waals surface area contributed by atoms with Crippen molar-refractivity contribution in [3.8, 4) is 0 Å². The molecule has 2 saturated heterocycles. The van der Waals surface area contributed by atoms with Crippen molar-refractivity contribution >= 4 is 12.1 Å². The van der Waals surface area contributed by atoms with Crippen LogP contribution in [-0.2, 0) is 9.53 Å². The number of aliphatic carboxylic acids is 1. The maximum Gasteiger partial charge on any atom is 0.410 e. The number of piperidine rings is 1. The predicted octanol–water partition coefficient (Wildman–Crippen LogP) is 0.914. The predicted molar refractivity (Wildman–Crippen MR) is 62.6 cm³/mol. The number of fused-ring (bicyclic) bond motifs is 2. The molecule has 2 unspecified atom stereocenters. The van der Waals surface area contributed by atoms with Gasteiger partial charge in [0.05, 0.1) is 0 Å². The van der Waals surface area contributed by atoms with E-state index in [4.69, 9.17) is 4.74 Å². The van der Waals surface area contributed by atoms with Crippen LogP contribution in [0.2, 0.25) is 0 Å². The summed E-state index contributed by atoms with van der Waals surface area (Å²) >= 11 is 0. The number of hydrogen-bond acceptors (Lipinski definition) is 4. The Hall–Kier alpha value is -1.26. The van der Waals surface area contributed by atoms with Gasteiger partial charge in [0.1, 0.15) is 5.60 Å². The average Bonchev–Trinajstić information content (AvgIpc) is 2.47. The number of amides is 1. The van der Waals surface area contributed by atoms with Crippen LogP contribution in [0.15, 0.2) is 0 Å². The zero-order chi connectivity index (χ0) is 13.5. The molecule has 2 atom stereocenters. The molecule has 2 rings (SSSR count). The van der Waals surface area contributed by atoms with Crippen molar-refractivity contribution in [2.75, 3.05) is 0 Å². The molecule has 2 aliphatic rings. The van der Waals surface area contributed by atoms with E-state index in [-0.39, 0.29) is 18.2 Å². The van der Waals surface area contributed by atoms with E-state index in [0.717, 1.165) is 12.8 Å². The molecule has 0 radical (unpaired) electrons. The fourth-order valence-corrected chi connectivity index (χ4v) is 2.98. The Labute approximate surface area is 107 Å². The smallest absolute Gasteiger partial charge is 0.410 e. The lowest BCUT2D eigenvalue weighted by Crippen LogP contribution is -2.51. The van der Waals surface area contributed by atoms with Crippen LogP contribution in [0, 0.1) is 5.92 Å². The number of rotatable bonds is 1. The lowest BCUT2D eigenvalue weighted by Gasteiger charge is -2.39. The van der Waals surface area contributed by atoms with Crippen molar-refractivity contribution in [2.24, 2.45) is 5.92 Å². The molecule has 18 heavy (non-hydrogen) atoms. The summed E-state index contributed by atoms with van der Waals surface area (Å²) in [6.07, 6.45) is 2.42. The van der Waals surface area contributed by atoms with Gasteiger partial charge in [-0.05, 0) is 46.5 Å². The standard InChI is InChI=1S/C13H21NO4/c1-13(2,3)18-12(17)14-9-4-5-10(14)7-8(6-9)11(15)16/h8-10H,4-7H2,1-3H3,(H,15,16)/p-1. The van der Waals surface area contributed by atoms with E-state index in [0.29, 0.717) is 12.8 Å². The molecule has 0 saturated carbocycles. The van der Waals surface area contributed by atoms with Crippen molar-refractivity contribution in [3.63, 3.8) is 0 Å². The molecule has 2 heterocycles. The summed E-state index contributed by atoms with van der Waals surface area (Å²) in [4.78, 5) is 24.8. The van der Waals surface area contributed by atoms with Gasteiger partial charge in [0.25, 0.3) is 0 Å². The number of hydrogen-bond donors (Lipinski definition) is 0. The molecule has 0 aromatic carbocycles. The largest absolute Gasteiger partial charge is 0.550 e. The first-order valence-corrected chi connectivity index (χ1v) is 6.50. The topological polar surface area (TPSA) is 69.7 Å². The fourth-order valence-electron chi connectivity index (χ4n) is 2.98. The van der Waals surface area contributed by atoms with Crippen LogP contribution >= 0.6 is 0 Å². The second-order valence-corrected chi connectivity index (χ2v) is 6.26. The maximum absolute atomic E-state index is 12.1. The molecule has 0 aromatic heterocycles. The molecule has 0 aliphatic carbocycles. The third-order valence-corrected chi connectivity index (χ3v) is 3.67. The van der Waals surface area contributed by atoms with E-state index >= 15 is 0 Å².